The summed E-state index contributed by atoms with van der Waals surface area (Å²) in [6.45, 7) is 6.53. The summed E-state index contributed by atoms with van der Waals surface area (Å²) in [7, 11) is 0. The Hall–Kier alpha value is -3.41. The highest BCUT2D eigenvalue weighted by molar-refractivity contribution is 5.71. The van der Waals surface area contributed by atoms with E-state index in [1.807, 2.05) is 0 Å². The second-order valence-electron chi connectivity index (χ2n) is 21.3. The average molecular weight is 1050 g/mol. The molecule has 0 rings (SSSR count). The Kier molecular flexibility index (Phi) is 60.3. The standard InChI is InChI=1S/C69H120O6/c1-4-7-10-13-16-19-22-25-28-30-32-33-34-35-37-38-41-44-47-50-53-56-59-62-68(71)74-65-66(64-73-67(70)61-58-55-52-49-46-43-40-27-24-21-18-15-12-9-6-3)75-69(72)63-60-57-54-51-48-45-42-39-36-31-29-26-23-20-17-14-11-8-5-2/h7,10,16-17,19-20,25-26,28-29,32-33,35,37,66H,4-6,8-9,11-15,18,21-24,27,30-31,34,36,38-65H2,1-3H3/b10-7-,19-16-,20-17-,28-25-,29-26-,33-32-,37-35-. The molecule has 6 nitrogen and oxygen atoms in total. The molecule has 0 aliphatic rings. The van der Waals surface area contributed by atoms with Crippen LogP contribution in [0.5, 0.6) is 0 Å². The number of rotatable bonds is 58. The van der Waals surface area contributed by atoms with Crippen LogP contribution in [0.4, 0.5) is 0 Å². The molecule has 0 N–H and O–H groups in total. The monoisotopic (exact) mass is 1040 g/mol. The summed E-state index contributed by atoms with van der Waals surface area (Å²) in [6, 6.07) is 0. The zero-order valence-corrected chi connectivity index (χ0v) is 49.6. The SMILES string of the molecule is CC/C=C\C/C=C\C/C=C\C/C=C\C/C=C\CCCCCCCCCC(=O)OCC(COC(=O)CCCCCCCCCCCCCCCCC)OC(=O)CCCCCCCCCCC/C=C\C/C=C\CCCCC. The predicted octanol–water partition coefficient (Wildman–Crippen LogP) is 21.9. The Balaban J connectivity index is 4.38. The van der Waals surface area contributed by atoms with Crippen LogP contribution < -0.4 is 0 Å². The van der Waals surface area contributed by atoms with Crippen LogP contribution in [-0.2, 0) is 28.6 Å². The van der Waals surface area contributed by atoms with E-state index in [0.29, 0.717) is 19.3 Å². The number of allylic oxidation sites excluding steroid dienone is 14. The van der Waals surface area contributed by atoms with E-state index in [-0.39, 0.29) is 31.1 Å². The summed E-state index contributed by atoms with van der Waals surface area (Å²) < 4.78 is 16.9. The van der Waals surface area contributed by atoms with E-state index in [1.165, 1.54) is 173 Å². The Morgan fingerprint density at radius 2 is 0.520 bits per heavy atom. The lowest BCUT2D eigenvalue weighted by Crippen LogP contribution is -2.30. The molecule has 0 aromatic rings. The molecule has 0 aromatic heterocycles. The molecule has 75 heavy (non-hydrogen) atoms. The Bertz CT molecular complexity index is 1430. The van der Waals surface area contributed by atoms with Crippen LogP contribution in [0.2, 0.25) is 0 Å². The highest BCUT2D eigenvalue weighted by Gasteiger charge is 2.19. The molecule has 0 amide bonds. The van der Waals surface area contributed by atoms with Crippen LogP contribution in [0.25, 0.3) is 0 Å². The number of unbranched alkanes of at least 4 members (excludes halogenated alkanes) is 33. The maximum atomic E-state index is 12.9. The van der Waals surface area contributed by atoms with Crippen LogP contribution >= 0.6 is 0 Å². The van der Waals surface area contributed by atoms with E-state index in [9.17, 15) is 14.4 Å². The van der Waals surface area contributed by atoms with Gasteiger partial charge in [0.1, 0.15) is 13.2 Å². The quantitative estimate of drug-likeness (QED) is 0.0261. The van der Waals surface area contributed by atoms with E-state index in [2.05, 4.69) is 106 Å². The zero-order chi connectivity index (χ0) is 54.3. The molecule has 6 heteroatoms. The summed E-state index contributed by atoms with van der Waals surface area (Å²) in [5, 5.41) is 0. The van der Waals surface area contributed by atoms with E-state index >= 15 is 0 Å². The molecule has 0 saturated heterocycles. The lowest BCUT2D eigenvalue weighted by molar-refractivity contribution is -0.167. The molecule has 1 unspecified atom stereocenters. The van der Waals surface area contributed by atoms with Gasteiger partial charge in [0.05, 0.1) is 0 Å². The van der Waals surface area contributed by atoms with Gasteiger partial charge in [-0.2, -0.15) is 0 Å². The largest absolute Gasteiger partial charge is 0.462 e. The molecular weight excluding hydrogens is 925 g/mol. The van der Waals surface area contributed by atoms with Gasteiger partial charge in [-0.3, -0.25) is 14.4 Å². The van der Waals surface area contributed by atoms with Crippen LogP contribution in [0.3, 0.4) is 0 Å². The molecule has 0 saturated carbocycles. The molecule has 1 atom stereocenters. The Morgan fingerprint density at radius 1 is 0.280 bits per heavy atom. The van der Waals surface area contributed by atoms with Gasteiger partial charge in [-0.05, 0) is 96.3 Å². The topological polar surface area (TPSA) is 78.9 Å². The van der Waals surface area contributed by atoms with Crippen molar-refractivity contribution in [1.82, 2.24) is 0 Å². The van der Waals surface area contributed by atoms with Crippen molar-refractivity contribution in [3.05, 3.63) is 85.1 Å². The van der Waals surface area contributed by atoms with Gasteiger partial charge >= 0.3 is 17.9 Å². The van der Waals surface area contributed by atoms with E-state index < -0.39 is 6.10 Å². The van der Waals surface area contributed by atoms with E-state index in [0.717, 1.165) is 103 Å². The first-order valence-corrected chi connectivity index (χ1v) is 32.1. The minimum atomic E-state index is -0.784. The van der Waals surface area contributed by atoms with Gasteiger partial charge in [-0.25, -0.2) is 0 Å². The summed E-state index contributed by atoms with van der Waals surface area (Å²) in [5.41, 5.74) is 0. The van der Waals surface area contributed by atoms with Crippen LogP contribution in [0.15, 0.2) is 85.1 Å². The molecule has 0 spiro atoms. The van der Waals surface area contributed by atoms with Gasteiger partial charge in [-0.15, -0.1) is 0 Å². The highest BCUT2D eigenvalue weighted by atomic mass is 16.6. The highest BCUT2D eigenvalue weighted by Crippen LogP contribution is 2.16. The minimum absolute atomic E-state index is 0.0789. The molecule has 0 heterocycles. The third kappa shape index (κ3) is 61.3. The summed E-state index contributed by atoms with van der Waals surface area (Å²) in [5.74, 6) is -0.880. The van der Waals surface area contributed by atoms with Crippen molar-refractivity contribution in [2.75, 3.05) is 13.2 Å². The summed E-state index contributed by atoms with van der Waals surface area (Å²) in [4.78, 5) is 38.3. The average Bonchev–Trinajstić information content (AvgIpc) is 3.41. The molecule has 0 aliphatic heterocycles. The van der Waals surface area contributed by atoms with Crippen LogP contribution in [0.1, 0.15) is 316 Å². The van der Waals surface area contributed by atoms with Gasteiger partial charge in [0.15, 0.2) is 6.10 Å². The number of esters is 3. The van der Waals surface area contributed by atoms with Crippen LogP contribution in [-0.4, -0.2) is 37.2 Å². The first-order valence-electron chi connectivity index (χ1n) is 32.1. The fraction of sp³-hybridized carbons (Fsp3) is 0.754. The predicted molar refractivity (Wildman–Crippen MR) is 325 cm³/mol. The van der Waals surface area contributed by atoms with Crippen molar-refractivity contribution in [1.29, 1.82) is 0 Å². The number of hydrogen-bond donors (Lipinski definition) is 0. The third-order valence-corrected chi connectivity index (χ3v) is 13.9. The first kappa shape index (κ1) is 71.6. The smallest absolute Gasteiger partial charge is 0.306 e. The number of ether oxygens (including phenoxy) is 3. The molecule has 432 valence electrons. The lowest BCUT2D eigenvalue weighted by atomic mass is 10.0. The number of hydrogen-bond acceptors (Lipinski definition) is 6. The third-order valence-electron chi connectivity index (χ3n) is 13.9. The Labute approximate surface area is 465 Å². The second kappa shape index (κ2) is 63.1. The van der Waals surface area contributed by atoms with Crippen molar-refractivity contribution in [2.24, 2.45) is 0 Å². The van der Waals surface area contributed by atoms with Gasteiger partial charge < -0.3 is 14.2 Å². The molecule has 0 bridgehead atoms. The van der Waals surface area contributed by atoms with Crippen molar-refractivity contribution in [3.63, 3.8) is 0 Å². The number of carbonyl (C=O) groups excluding carboxylic acids is 3. The molecule has 0 radical (unpaired) electrons. The fourth-order valence-electron chi connectivity index (χ4n) is 9.09. The van der Waals surface area contributed by atoms with Gasteiger partial charge in [0.2, 0.25) is 0 Å². The number of carbonyl (C=O) groups is 3. The second-order valence-corrected chi connectivity index (χ2v) is 21.3. The van der Waals surface area contributed by atoms with Crippen molar-refractivity contribution in [3.8, 4) is 0 Å². The summed E-state index contributed by atoms with van der Waals surface area (Å²) in [6.07, 6.45) is 82.9. The van der Waals surface area contributed by atoms with Crippen molar-refractivity contribution in [2.45, 2.75) is 322 Å². The van der Waals surface area contributed by atoms with E-state index in [1.54, 1.807) is 0 Å². The van der Waals surface area contributed by atoms with Gasteiger partial charge in [0, 0.05) is 19.3 Å². The molecule has 0 fully saturated rings. The maximum Gasteiger partial charge on any atom is 0.306 e. The molecule has 0 aliphatic carbocycles. The van der Waals surface area contributed by atoms with Gasteiger partial charge in [-0.1, -0.05) is 286 Å². The van der Waals surface area contributed by atoms with Crippen molar-refractivity contribution < 1.29 is 28.6 Å². The van der Waals surface area contributed by atoms with Crippen LogP contribution in [0, 0.1) is 0 Å². The van der Waals surface area contributed by atoms with Crippen molar-refractivity contribution >= 4 is 17.9 Å². The molecule has 0 aromatic carbocycles. The fourth-order valence-corrected chi connectivity index (χ4v) is 9.09. The molecular formula is C69H120O6. The summed E-state index contributed by atoms with van der Waals surface area (Å²) >= 11 is 0. The first-order chi connectivity index (χ1) is 37.0. The normalized spacial score (nSPS) is 12.6. The minimum Gasteiger partial charge on any atom is -0.462 e. The Morgan fingerprint density at radius 3 is 0.840 bits per heavy atom. The maximum absolute atomic E-state index is 12.9. The lowest BCUT2D eigenvalue weighted by Gasteiger charge is -2.18. The zero-order valence-electron chi connectivity index (χ0n) is 49.6. The van der Waals surface area contributed by atoms with Gasteiger partial charge in [0.25, 0.3) is 0 Å². The van der Waals surface area contributed by atoms with E-state index in [4.69, 9.17) is 14.2 Å².